The summed E-state index contributed by atoms with van der Waals surface area (Å²) < 4.78 is 2.01. The number of hydrogen-bond donors (Lipinski definition) is 2. The van der Waals surface area contributed by atoms with E-state index >= 15 is 0 Å². The molecule has 1 aliphatic rings. The smallest absolute Gasteiger partial charge is 0.191 e. The normalized spacial score (nSPS) is 15.2. The van der Waals surface area contributed by atoms with Crippen molar-refractivity contribution in [3.63, 3.8) is 0 Å². The number of benzene rings is 1. The van der Waals surface area contributed by atoms with Crippen molar-refractivity contribution in [2.45, 2.75) is 39.3 Å². The van der Waals surface area contributed by atoms with Crippen molar-refractivity contribution in [1.82, 2.24) is 25.4 Å². The zero-order valence-corrected chi connectivity index (χ0v) is 18.5. The fourth-order valence-electron chi connectivity index (χ4n) is 4.10. The molecule has 1 saturated heterocycles. The van der Waals surface area contributed by atoms with Gasteiger partial charge < -0.3 is 15.5 Å². The number of aliphatic imine (C=N–C) groups is 1. The molecule has 0 radical (unpaired) electrons. The number of rotatable bonds is 5. The summed E-state index contributed by atoms with van der Waals surface area (Å²) in [6.07, 6.45) is 3.97. The maximum Gasteiger partial charge on any atom is 0.191 e. The number of nitrogens with zero attached hydrogens (tertiary/aromatic N) is 5. The molecule has 0 bridgehead atoms. The molecule has 1 aliphatic heterocycles. The van der Waals surface area contributed by atoms with E-state index in [1.165, 1.54) is 5.56 Å². The third-order valence-corrected chi connectivity index (χ3v) is 5.71. The van der Waals surface area contributed by atoms with Crippen LogP contribution in [0.15, 0.2) is 59.7 Å². The van der Waals surface area contributed by atoms with E-state index in [1.54, 1.807) is 0 Å². The molecule has 2 aromatic heterocycles. The second-order valence-electron chi connectivity index (χ2n) is 7.99. The molecule has 0 atom stereocenters. The van der Waals surface area contributed by atoms with Crippen LogP contribution in [0.2, 0.25) is 0 Å². The molecule has 7 nitrogen and oxygen atoms in total. The van der Waals surface area contributed by atoms with Gasteiger partial charge in [0.2, 0.25) is 0 Å². The summed E-state index contributed by atoms with van der Waals surface area (Å²) in [7, 11) is 1.82. The predicted octanol–water partition coefficient (Wildman–Crippen LogP) is 3.22. The van der Waals surface area contributed by atoms with Crippen molar-refractivity contribution < 1.29 is 0 Å². The van der Waals surface area contributed by atoms with E-state index in [-0.39, 0.29) is 0 Å². The summed E-state index contributed by atoms with van der Waals surface area (Å²) in [5, 5.41) is 11.7. The molecule has 7 heteroatoms. The van der Waals surface area contributed by atoms with Crippen LogP contribution >= 0.6 is 0 Å². The Morgan fingerprint density at radius 2 is 1.87 bits per heavy atom. The maximum absolute atomic E-state index is 4.65. The highest BCUT2D eigenvalue weighted by Crippen LogP contribution is 2.18. The first kappa shape index (κ1) is 20.9. The van der Waals surface area contributed by atoms with Gasteiger partial charge in [0, 0.05) is 44.6 Å². The van der Waals surface area contributed by atoms with Crippen LogP contribution in [0, 0.1) is 13.8 Å². The van der Waals surface area contributed by atoms with Crippen LogP contribution in [-0.4, -0.2) is 46.9 Å². The standard InChI is InChI=1S/C24H31N7/c1-18-16-19(2)31(29-18)22-9-5-4-8-20(22)17-27-24(25-3)28-21-11-14-30(15-12-21)23-10-6-7-13-26-23/h4-10,13,16,21H,11-12,14-15,17H2,1-3H3,(H2,25,27,28). The van der Waals surface area contributed by atoms with E-state index in [1.807, 2.05) is 37.0 Å². The molecule has 0 saturated carbocycles. The highest BCUT2D eigenvalue weighted by molar-refractivity contribution is 5.80. The largest absolute Gasteiger partial charge is 0.356 e. The fourth-order valence-corrected chi connectivity index (χ4v) is 4.10. The third-order valence-electron chi connectivity index (χ3n) is 5.71. The Bertz CT molecular complexity index is 1020. The van der Waals surface area contributed by atoms with Gasteiger partial charge >= 0.3 is 0 Å². The van der Waals surface area contributed by atoms with Crippen molar-refractivity contribution in [2.24, 2.45) is 4.99 Å². The predicted molar refractivity (Wildman–Crippen MR) is 126 cm³/mol. The Kier molecular flexibility index (Phi) is 6.50. The van der Waals surface area contributed by atoms with Gasteiger partial charge in [-0.3, -0.25) is 4.99 Å². The van der Waals surface area contributed by atoms with Crippen molar-refractivity contribution in [2.75, 3.05) is 25.0 Å². The van der Waals surface area contributed by atoms with Crippen molar-refractivity contribution in [3.05, 3.63) is 71.7 Å². The van der Waals surface area contributed by atoms with Crippen molar-refractivity contribution >= 4 is 11.8 Å². The van der Waals surface area contributed by atoms with E-state index in [0.29, 0.717) is 12.6 Å². The van der Waals surface area contributed by atoms with Crippen LogP contribution in [0.3, 0.4) is 0 Å². The van der Waals surface area contributed by atoms with Gasteiger partial charge in [-0.1, -0.05) is 24.3 Å². The summed E-state index contributed by atoms with van der Waals surface area (Å²) in [6.45, 7) is 6.77. The number of pyridine rings is 1. The average Bonchev–Trinajstić information content (AvgIpc) is 3.15. The topological polar surface area (TPSA) is 70.4 Å². The highest BCUT2D eigenvalue weighted by Gasteiger charge is 2.21. The van der Waals surface area contributed by atoms with Gasteiger partial charge in [-0.05, 0) is 56.5 Å². The molecule has 1 fully saturated rings. The second kappa shape index (κ2) is 9.64. The molecule has 3 heterocycles. The zero-order valence-electron chi connectivity index (χ0n) is 18.5. The summed E-state index contributed by atoms with van der Waals surface area (Å²) in [6, 6.07) is 16.9. The molecule has 1 aromatic carbocycles. The zero-order chi connectivity index (χ0) is 21.6. The molecule has 0 spiro atoms. The Morgan fingerprint density at radius 3 is 2.55 bits per heavy atom. The number of para-hydroxylation sites is 1. The molecular weight excluding hydrogens is 386 g/mol. The van der Waals surface area contributed by atoms with Crippen molar-refractivity contribution in [1.29, 1.82) is 0 Å². The van der Waals surface area contributed by atoms with Crippen LogP contribution in [0.1, 0.15) is 29.8 Å². The average molecular weight is 418 g/mol. The summed E-state index contributed by atoms with van der Waals surface area (Å²) in [5.41, 5.74) is 4.43. The van der Waals surface area contributed by atoms with E-state index in [4.69, 9.17) is 0 Å². The first-order valence-electron chi connectivity index (χ1n) is 10.9. The van der Waals surface area contributed by atoms with E-state index in [0.717, 1.165) is 54.8 Å². The van der Waals surface area contributed by atoms with Gasteiger partial charge in [-0.15, -0.1) is 0 Å². The number of guanidine groups is 1. The first-order valence-corrected chi connectivity index (χ1v) is 10.9. The first-order chi connectivity index (χ1) is 15.1. The van der Waals surface area contributed by atoms with Crippen LogP contribution in [0.4, 0.5) is 5.82 Å². The monoisotopic (exact) mass is 417 g/mol. The van der Waals surface area contributed by atoms with Gasteiger partial charge in [0.25, 0.3) is 0 Å². The Hall–Kier alpha value is -3.35. The Labute approximate surface area is 184 Å². The molecule has 0 amide bonds. The summed E-state index contributed by atoms with van der Waals surface area (Å²) >= 11 is 0. The lowest BCUT2D eigenvalue weighted by Gasteiger charge is -2.33. The minimum absolute atomic E-state index is 0.400. The van der Waals surface area contributed by atoms with Gasteiger partial charge in [0.15, 0.2) is 5.96 Å². The summed E-state index contributed by atoms with van der Waals surface area (Å²) in [4.78, 5) is 11.3. The maximum atomic E-state index is 4.65. The lowest BCUT2D eigenvalue weighted by molar-refractivity contribution is 0.459. The SMILES string of the molecule is CN=C(NCc1ccccc1-n1nc(C)cc1C)NC1CCN(c2ccccn2)CC1. The highest BCUT2D eigenvalue weighted by atomic mass is 15.3. The number of piperidine rings is 1. The molecular formula is C24H31N7. The molecule has 2 N–H and O–H groups in total. The van der Waals surface area contributed by atoms with Crippen LogP contribution in [0.25, 0.3) is 5.69 Å². The van der Waals surface area contributed by atoms with Crippen molar-refractivity contribution in [3.8, 4) is 5.69 Å². The third kappa shape index (κ3) is 5.05. The molecule has 4 rings (SSSR count). The molecule has 162 valence electrons. The van der Waals surface area contributed by atoms with Gasteiger partial charge in [-0.2, -0.15) is 5.10 Å². The number of anilines is 1. The van der Waals surface area contributed by atoms with Gasteiger partial charge in [0.1, 0.15) is 5.82 Å². The van der Waals surface area contributed by atoms with E-state index in [2.05, 4.69) is 73.9 Å². The van der Waals surface area contributed by atoms with Crippen LogP contribution in [0.5, 0.6) is 0 Å². The number of aromatic nitrogens is 3. The molecule has 0 unspecified atom stereocenters. The lowest BCUT2D eigenvalue weighted by atomic mass is 10.1. The Balaban J connectivity index is 1.35. The quantitative estimate of drug-likeness (QED) is 0.493. The molecule has 3 aromatic rings. The van der Waals surface area contributed by atoms with E-state index < -0.39 is 0 Å². The van der Waals surface area contributed by atoms with E-state index in [9.17, 15) is 0 Å². The number of hydrogen-bond acceptors (Lipinski definition) is 4. The minimum atomic E-state index is 0.400. The van der Waals surface area contributed by atoms with Gasteiger partial charge in [0.05, 0.1) is 11.4 Å². The number of aryl methyl sites for hydroxylation is 2. The second-order valence-corrected chi connectivity index (χ2v) is 7.99. The molecule has 31 heavy (non-hydrogen) atoms. The minimum Gasteiger partial charge on any atom is -0.356 e. The Morgan fingerprint density at radius 1 is 1.10 bits per heavy atom. The van der Waals surface area contributed by atoms with Crippen LogP contribution < -0.4 is 15.5 Å². The van der Waals surface area contributed by atoms with Gasteiger partial charge in [-0.25, -0.2) is 9.67 Å². The summed E-state index contributed by atoms with van der Waals surface area (Å²) in [5.74, 6) is 1.89. The van der Waals surface area contributed by atoms with Crippen LogP contribution in [-0.2, 0) is 6.54 Å². The molecule has 0 aliphatic carbocycles. The lowest BCUT2D eigenvalue weighted by Crippen LogP contribution is -2.48. The number of nitrogens with one attached hydrogen (secondary N) is 2. The fraction of sp³-hybridized carbons (Fsp3) is 0.375.